The minimum absolute atomic E-state index is 0.298. The maximum absolute atomic E-state index is 11.0. The smallest absolute Gasteiger partial charge is 0.328 e. The van der Waals surface area contributed by atoms with E-state index in [0.717, 1.165) is 94.5 Å². The number of carbonyl (C=O) groups is 4. The molecule has 1 aliphatic carbocycles. The molecule has 0 amide bonds. The monoisotopic (exact) mass is 754 g/mol. The second kappa shape index (κ2) is 20.4. The zero-order valence-corrected chi connectivity index (χ0v) is 31.0. The molecule has 4 aromatic carbocycles. The third-order valence-corrected chi connectivity index (χ3v) is 9.83. The van der Waals surface area contributed by atoms with E-state index < -0.39 is 23.9 Å². The van der Waals surface area contributed by atoms with Gasteiger partial charge in [0.1, 0.15) is 0 Å². The average Bonchev–Trinajstić information content (AvgIpc) is 3.19. The summed E-state index contributed by atoms with van der Waals surface area (Å²) in [6.45, 7) is 2.81. The third kappa shape index (κ3) is 13.5. The second-order valence-corrected chi connectivity index (χ2v) is 13.9. The van der Waals surface area contributed by atoms with Crippen LogP contribution in [-0.4, -0.2) is 66.2 Å². The molecule has 1 fully saturated rings. The van der Waals surface area contributed by atoms with Gasteiger partial charge in [-0.25, -0.2) is 19.2 Å². The lowest BCUT2D eigenvalue weighted by atomic mass is 9.88. The third-order valence-electron chi connectivity index (χ3n) is 9.83. The summed E-state index contributed by atoms with van der Waals surface area (Å²) in [5.74, 6) is -3.98. The summed E-state index contributed by atoms with van der Waals surface area (Å²) in [7, 11) is 0. The molecule has 0 unspecified atom stereocenters. The molecule has 0 aromatic heterocycles. The zero-order chi connectivity index (χ0) is 39.9. The van der Waals surface area contributed by atoms with Gasteiger partial charge in [-0.2, -0.15) is 0 Å². The Morgan fingerprint density at radius 2 is 0.589 bits per heavy atom. The molecule has 0 spiro atoms. The van der Waals surface area contributed by atoms with Crippen molar-refractivity contribution >= 4 is 48.2 Å². The number of hydrogen-bond acceptors (Lipinski definition) is 6. The quantitative estimate of drug-likeness (QED) is 0.0733. The van der Waals surface area contributed by atoms with Gasteiger partial charge in [0.15, 0.2) is 0 Å². The largest absolute Gasteiger partial charge is 0.478 e. The van der Waals surface area contributed by atoms with E-state index in [1.807, 2.05) is 97.1 Å². The van der Waals surface area contributed by atoms with Gasteiger partial charge in [-0.1, -0.05) is 97.1 Å². The Labute approximate surface area is 326 Å². The van der Waals surface area contributed by atoms with E-state index in [9.17, 15) is 19.2 Å². The van der Waals surface area contributed by atoms with Crippen LogP contribution in [0.5, 0.6) is 0 Å². The van der Waals surface area contributed by atoms with Gasteiger partial charge in [-0.05, 0) is 94.5 Å². The summed E-state index contributed by atoms with van der Waals surface area (Å²) in [6.07, 6.45) is 14.7. The van der Waals surface area contributed by atoms with Gasteiger partial charge in [0.05, 0.1) is 0 Å². The van der Waals surface area contributed by atoms with Crippen molar-refractivity contribution in [1.82, 2.24) is 9.80 Å². The van der Waals surface area contributed by atoms with E-state index in [1.165, 1.54) is 0 Å². The Balaban J connectivity index is 1.34. The number of nitrogens with zero attached hydrogens (tertiary/aromatic N) is 2. The van der Waals surface area contributed by atoms with Gasteiger partial charge < -0.3 is 20.4 Å². The van der Waals surface area contributed by atoms with Crippen LogP contribution < -0.4 is 0 Å². The van der Waals surface area contributed by atoms with E-state index in [4.69, 9.17) is 20.4 Å². The maximum atomic E-state index is 11.0. The maximum Gasteiger partial charge on any atom is 0.328 e. The molecule has 56 heavy (non-hydrogen) atoms. The molecular formula is C46H46N2O8. The molecule has 4 aromatic rings. The van der Waals surface area contributed by atoms with Crippen LogP contribution >= 0.6 is 0 Å². The first-order chi connectivity index (χ1) is 27.0. The van der Waals surface area contributed by atoms with E-state index in [-0.39, 0.29) is 0 Å². The fourth-order valence-corrected chi connectivity index (χ4v) is 6.96. The molecule has 0 radical (unpaired) electrons. The van der Waals surface area contributed by atoms with E-state index >= 15 is 0 Å². The van der Waals surface area contributed by atoms with Crippen LogP contribution in [0.25, 0.3) is 24.3 Å². The van der Waals surface area contributed by atoms with Crippen LogP contribution in [0.4, 0.5) is 0 Å². The molecule has 288 valence electrons. The van der Waals surface area contributed by atoms with Gasteiger partial charge >= 0.3 is 23.9 Å². The summed E-state index contributed by atoms with van der Waals surface area (Å²) < 4.78 is 0. The van der Waals surface area contributed by atoms with Crippen LogP contribution in [0, 0.1) is 0 Å². The highest BCUT2D eigenvalue weighted by atomic mass is 16.4. The lowest BCUT2D eigenvalue weighted by Crippen LogP contribution is -2.43. The molecule has 4 N–H and O–H groups in total. The van der Waals surface area contributed by atoms with Crippen LogP contribution in [0.1, 0.15) is 70.2 Å². The first-order valence-electron chi connectivity index (χ1n) is 18.5. The SMILES string of the molecule is O=C(O)/C=C/c1ccc(CN(Cc2ccc(/C=C/C(=O)O)cc2)C2CCC(N(Cc3ccc(/C=C/C(=O)O)cc3)Cc3ccc(/C=C/C(=O)O)cc3)CC2)cc1. The highest BCUT2D eigenvalue weighted by Crippen LogP contribution is 2.31. The van der Waals surface area contributed by atoms with Gasteiger partial charge in [-0.15, -0.1) is 0 Å². The topological polar surface area (TPSA) is 156 Å². The molecule has 10 nitrogen and oxygen atoms in total. The van der Waals surface area contributed by atoms with E-state index in [1.54, 1.807) is 24.3 Å². The lowest BCUT2D eigenvalue weighted by Gasteiger charge is -2.41. The van der Waals surface area contributed by atoms with Crippen molar-refractivity contribution in [3.05, 3.63) is 166 Å². The van der Waals surface area contributed by atoms with E-state index in [0.29, 0.717) is 38.3 Å². The summed E-state index contributed by atoms with van der Waals surface area (Å²) in [6, 6.07) is 32.3. The zero-order valence-electron chi connectivity index (χ0n) is 31.0. The summed E-state index contributed by atoms with van der Waals surface area (Å²) in [5, 5.41) is 36.1. The van der Waals surface area contributed by atoms with Gasteiger partial charge in [0.2, 0.25) is 0 Å². The normalized spacial score (nSPS) is 16.1. The predicted molar refractivity (Wildman–Crippen MR) is 217 cm³/mol. The predicted octanol–water partition coefficient (Wildman–Crippen LogP) is 8.09. The molecule has 10 heteroatoms. The summed E-state index contributed by atoms with van der Waals surface area (Å²) in [4.78, 5) is 49.0. The van der Waals surface area contributed by atoms with Crippen molar-refractivity contribution in [2.75, 3.05) is 0 Å². The van der Waals surface area contributed by atoms with Crippen LogP contribution in [-0.2, 0) is 45.4 Å². The average molecular weight is 755 g/mol. The fraction of sp³-hybridized carbons (Fsp3) is 0.217. The van der Waals surface area contributed by atoms with E-state index in [2.05, 4.69) is 9.80 Å². The molecular weight excluding hydrogens is 709 g/mol. The van der Waals surface area contributed by atoms with Crippen LogP contribution in [0.3, 0.4) is 0 Å². The Bertz CT molecular complexity index is 1770. The van der Waals surface area contributed by atoms with Crippen molar-refractivity contribution in [3.8, 4) is 0 Å². The van der Waals surface area contributed by atoms with Gasteiger partial charge in [0, 0.05) is 62.6 Å². The number of benzene rings is 4. The fourth-order valence-electron chi connectivity index (χ4n) is 6.96. The van der Waals surface area contributed by atoms with Crippen LogP contribution in [0.2, 0.25) is 0 Å². The highest BCUT2D eigenvalue weighted by molar-refractivity contribution is 5.86. The first-order valence-corrected chi connectivity index (χ1v) is 18.5. The minimum Gasteiger partial charge on any atom is -0.478 e. The van der Waals surface area contributed by atoms with Gasteiger partial charge in [0.25, 0.3) is 0 Å². The van der Waals surface area contributed by atoms with Crippen molar-refractivity contribution in [3.63, 3.8) is 0 Å². The Kier molecular flexibility index (Phi) is 14.8. The van der Waals surface area contributed by atoms with Crippen molar-refractivity contribution in [1.29, 1.82) is 0 Å². The Morgan fingerprint density at radius 3 is 0.768 bits per heavy atom. The second-order valence-electron chi connectivity index (χ2n) is 13.9. The standard InChI is InChI=1S/C46H46N2O8/c49-43(50)25-17-33-1-9-37(10-2-33)29-47(30-38-11-3-34(4-12-38)18-26-44(51)52)41-21-23-42(24-22-41)48(31-39-13-5-35(6-14-39)19-27-45(53)54)32-40-15-7-36(8-16-40)20-28-46(55)56/h1-20,25-28,41-42H,21-24,29-32H2,(H,49,50)(H,51,52)(H,53,54)(H,55,56)/b25-17+,26-18+,27-19+,28-20+. The molecule has 1 aliphatic rings. The number of rotatable bonds is 18. The van der Waals surface area contributed by atoms with Crippen molar-refractivity contribution in [2.24, 2.45) is 0 Å². The van der Waals surface area contributed by atoms with Crippen LogP contribution in [0.15, 0.2) is 121 Å². The Hall–Kier alpha value is -6.36. The number of carboxylic acid groups (broad SMARTS) is 4. The minimum atomic E-state index is -0.995. The number of hydrogen-bond donors (Lipinski definition) is 4. The molecule has 1 saturated carbocycles. The summed E-state index contributed by atoms with van der Waals surface area (Å²) >= 11 is 0. The molecule has 0 aliphatic heterocycles. The molecule has 0 atom stereocenters. The number of aliphatic carboxylic acids is 4. The molecule has 0 saturated heterocycles. The molecule has 0 heterocycles. The van der Waals surface area contributed by atoms with Crippen molar-refractivity contribution in [2.45, 2.75) is 63.9 Å². The number of carboxylic acids is 4. The molecule has 0 bridgehead atoms. The molecule has 5 rings (SSSR count). The first kappa shape index (κ1) is 40.8. The summed E-state index contributed by atoms with van der Waals surface area (Å²) in [5.41, 5.74) is 7.71. The Morgan fingerprint density at radius 1 is 0.393 bits per heavy atom. The highest BCUT2D eigenvalue weighted by Gasteiger charge is 2.29. The van der Waals surface area contributed by atoms with Gasteiger partial charge in [-0.3, -0.25) is 9.80 Å². The lowest BCUT2D eigenvalue weighted by molar-refractivity contribution is -0.132. The van der Waals surface area contributed by atoms with Crippen molar-refractivity contribution < 1.29 is 39.6 Å².